The summed E-state index contributed by atoms with van der Waals surface area (Å²) in [7, 11) is -1.10. The van der Waals surface area contributed by atoms with Gasteiger partial charge in [-0.1, -0.05) is 31.8 Å². The van der Waals surface area contributed by atoms with Crippen molar-refractivity contribution in [1.82, 2.24) is 9.78 Å². The van der Waals surface area contributed by atoms with Crippen LogP contribution < -0.4 is 11.1 Å². The number of benzene rings is 1. The molecule has 0 unspecified atom stereocenters. The molecule has 1 aromatic carbocycles. The van der Waals surface area contributed by atoms with Crippen LogP contribution >= 0.6 is 12.4 Å². The maximum atomic E-state index is 12.8. The van der Waals surface area contributed by atoms with E-state index < -0.39 is 8.07 Å². The van der Waals surface area contributed by atoms with Crippen LogP contribution in [0.5, 0.6) is 0 Å². The summed E-state index contributed by atoms with van der Waals surface area (Å²) < 4.78 is 7.84. The third-order valence-electron chi connectivity index (χ3n) is 6.61. The molecule has 1 amide bonds. The van der Waals surface area contributed by atoms with Crippen molar-refractivity contribution >= 4 is 32.1 Å². The topological polar surface area (TPSA) is 82.2 Å². The Morgan fingerprint density at radius 3 is 2.24 bits per heavy atom. The van der Waals surface area contributed by atoms with Crippen LogP contribution in [-0.2, 0) is 16.3 Å². The van der Waals surface area contributed by atoms with Crippen molar-refractivity contribution < 1.29 is 9.53 Å². The molecule has 2 fully saturated rings. The summed E-state index contributed by atoms with van der Waals surface area (Å²) in [6.45, 7) is 12.4. The van der Waals surface area contributed by atoms with Crippen molar-refractivity contribution in [2.45, 2.75) is 71.9 Å². The fourth-order valence-corrected chi connectivity index (χ4v) is 5.14. The van der Waals surface area contributed by atoms with Gasteiger partial charge < -0.3 is 15.8 Å². The predicted molar refractivity (Wildman–Crippen MR) is 144 cm³/mol. The van der Waals surface area contributed by atoms with Crippen LogP contribution in [0.25, 0.3) is 11.1 Å². The molecule has 34 heavy (non-hydrogen) atoms. The van der Waals surface area contributed by atoms with Gasteiger partial charge in [-0.15, -0.1) is 12.4 Å². The van der Waals surface area contributed by atoms with E-state index in [1.165, 1.54) is 31.3 Å². The number of nitrogens with two attached hydrogens (primary N) is 1. The number of allylic oxidation sites excluding steroid dienone is 1. The lowest BCUT2D eigenvalue weighted by atomic mass is 10.0. The highest BCUT2D eigenvalue weighted by Gasteiger charge is 2.39. The number of nitrogens with one attached hydrogen (secondary N) is 1. The van der Waals surface area contributed by atoms with Gasteiger partial charge in [-0.05, 0) is 80.7 Å². The maximum absolute atomic E-state index is 12.8. The van der Waals surface area contributed by atoms with E-state index in [0.29, 0.717) is 24.3 Å². The number of hydrogen-bond donors (Lipinski definition) is 2. The first-order valence-corrected chi connectivity index (χ1v) is 15.9. The number of carbonyl (C=O) groups is 1. The molecule has 0 atom stereocenters. The zero-order valence-electron chi connectivity index (χ0n) is 21.1. The summed E-state index contributed by atoms with van der Waals surface area (Å²) in [5.41, 5.74) is 12.9. The van der Waals surface area contributed by atoms with Gasteiger partial charge in [0, 0.05) is 31.6 Å². The lowest BCUT2D eigenvalue weighted by molar-refractivity contribution is -0.113. The van der Waals surface area contributed by atoms with Crippen LogP contribution in [-0.4, -0.2) is 30.4 Å². The molecule has 1 aromatic heterocycles. The standard InChI is InChI=1S/C26H38N4O2Si.ClH/c1-17-23(18(2)30(29-17)16-32-14-15-33(3,4)5)19-10-12-22(13-11-19)28-26(31)25(27)24(20-6-7-20)21-8-9-21;/h10-13,20-21H,6-9,14-16,27H2,1-5H3,(H,28,31);1H. The number of aryl methyl sites for hydroxylation is 1. The number of ether oxygens (including phenoxy) is 1. The molecular formula is C26H39ClN4O2Si. The van der Waals surface area contributed by atoms with Gasteiger partial charge in [0.1, 0.15) is 6.73 Å². The van der Waals surface area contributed by atoms with Crippen LogP contribution in [0.1, 0.15) is 37.1 Å². The Morgan fingerprint density at radius 2 is 1.71 bits per heavy atom. The van der Waals surface area contributed by atoms with Gasteiger partial charge in [-0.2, -0.15) is 5.10 Å². The SMILES string of the molecule is Cc1nn(COCC[Si](C)(C)C)c(C)c1-c1ccc(NC(=O)C(N)=C(C2CC2)C2CC2)cc1.Cl. The van der Waals surface area contributed by atoms with E-state index in [4.69, 9.17) is 10.5 Å². The van der Waals surface area contributed by atoms with Crippen LogP contribution in [0, 0.1) is 25.7 Å². The zero-order chi connectivity index (χ0) is 23.8. The second kappa shape index (κ2) is 10.7. The highest BCUT2D eigenvalue weighted by atomic mass is 35.5. The Morgan fingerprint density at radius 1 is 1.12 bits per heavy atom. The molecule has 2 aliphatic carbocycles. The molecule has 0 spiro atoms. The van der Waals surface area contributed by atoms with Crippen molar-refractivity contribution in [1.29, 1.82) is 0 Å². The van der Waals surface area contributed by atoms with E-state index in [-0.39, 0.29) is 18.3 Å². The predicted octanol–water partition coefficient (Wildman–Crippen LogP) is 5.87. The molecular weight excluding hydrogens is 464 g/mol. The van der Waals surface area contributed by atoms with Crippen molar-refractivity contribution in [3.63, 3.8) is 0 Å². The number of carbonyl (C=O) groups excluding carboxylic acids is 1. The molecule has 0 aliphatic heterocycles. The molecule has 186 valence electrons. The molecule has 4 rings (SSSR count). The first kappa shape index (κ1) is 26.5. The van der Waals surface area contributed by atoms with Gasteiger partial charge in [-0.3, -0.25) is 4.79 Å². The largest absolute Gasteiger partial charge is 0.394 e. The van der Waals surface area contributed by atoms with E-state index in [2.05, 4.69) is 37.0 Å². The summed E-state index contributed by atoms with van der Waals surface area (Å²) in [4.78, 5) is 12.8. The fourth-order valence-electron chi connectivity index (χ4n) is 4.38. The lowest BCUT2D eigenvalue weighted by Gasteiger charge is -2.15. The van der Waals surface area contributed by atoms with Crippen molar-refractivity contribution in [2.75, 3.05) is 11.9 Å². The van der Waals surface area contributed by atoms with E-state index in [9.17, 15) is 4.79 Å². The number of nitrogens with zero attached hydrogens (tertiary/aromatic N) is 2. The van der Waals surface area contributed by atoms with Gasteiger partial charge in [0.25, 0.3) is 5.91 Å². The van der Waals surface area contributed by atoms with Crippen LogP contribution in [0.4, 0.5) is 5.69 Å². The summed E-state index contributed by atoms with van der Waals surface area (Å²) in [6, 6.07) is 9.09. The smallest absolute Gasteiger partial charge is 0.271 e. The molecule has 1 heterocycles. The lowest BCUT2D eigenvalue weighted by Crippen LogP contribution is -2.23. The molecule has 8 heteroatoms. The number of hydrogen-bond acceptors (Lipinski definition) is 4. The number of aromatic nitrogens is 2. The highest BCUT2D eigenvalue weighted by Crippen LogP contribution is 2.49. The second-order valence-electron chi connectivity index (χ2n) is 10.8. The Balaban J connectivity index is 0.00000324. The van der Waals surface area contributed by atoms with Crippen molar-refractivity contribution in [2.24, 2.45) is 17.6 Å². The minimum Gasteiger partial charge on any atom is -0.394 e. The second-order valence-corrected chi connectivity index (χ2v) is 16.5. The molecule has 6 nitrogen and oxygen atoms in total. The minimum absolute atomic E-state index is 0. The molecule has 0 radical (unpaired) electrons. The average molecular weight is 503 g/mol. The van der Waals surface area contributed by atoms with E-state index >= 15 is 0 Å². The summed E-state index contributed by atoms with van der Waals surface area (Å²) in [6.07, 6.45) is 4.68. The molecule has 2 aromatic rings. The Hall–Kier alpha value is -2.09. The summed E-state index contributed by atoms with van der Waals surface area (Å²) in [5, 5.41) is 7.68. The third kappa shape index (κ3) is 6.52. The zero-order valence-corrected chi connectivity index (χ0v) is 22.9. The third-order valence-corrected chi connectivity index (χ3v) is 8.32. The summed E-state index contributed by atoms with van der Waals surface area (Å²) in [5.74, 6) is 0.896. The van der Waals surface area contributed by atoms with Crippen molar-refractivity contribution in [3.05, 3.63) is 46.9 Å². The van der Waals surface area contributed by atoms with Gasteiger partial charge in [0.15, 0.2) is 0 Å². The summed E-state index contributed by atoms with van der Waals surface area (Å²) >= 11 is 0. The number of anilines is 1. The molecule has 2 aliphatic rings. The van der Waals surface area contributed by atoms with E-state index in [0.717, 1.165) is 40.9 Å². The first-order chi connectivity index (χ1) is 15.6. The van der Waals surface area contributed by atoms with Crippen LogP contribution in [0.3, 0.4) is 0 Å². The number of amides is 1. The molecule has 3 N–H and O–H groups in total. The molecule has 0 saturated heterocycles. The molecule has 0 bridgehead atoms. The normalized spacial score (nSPS) is 15.6. The monoisotopic (exact) mass is 502 g/mol. The van der Waals surface area contributed by atoms with Gasteiger partial charge in [0.2, 0.25) is 0 Å². The van der Waals surface area contributed by atoms with Crippen LogP contribution in [0.15, 0.2) is 35.5 Å². The maximum Gasteiger partial charge on any atom is 0.271 e. The van der Waals surface area contributed by atoms with Gasteiger partial charge >= 0.3 is 0 Å². The van der Waals surface area contributed by atoms with Gasteiger partial charge in [0.05, 0.1) is 11.4 Å². The molecule has 2 saturated carbocycles. The minimum atomic E-state index is -1.10. The van der Waals surface area contributed by atoms with E-state index in [1.807, 2.05) is 35.9 Å². The Kier molecular flexibility index (Phi) is 8.32. The first-order valence-electron chi connectivity index (χ1n) is 12.2. The van der Waals surface area contributed by atoms with Crippen molar-refractivity contribution in [3.8, 4) is 11.1 Å². The Bertz CT molecular complexity index is 1030. The number of rotatable bonds is 10. The number of halogens is 1. The quantitative estimate of drug-likeness (QED) is 0.242. The Labute approximate surface area is 210 Å². The van der Waals surface area contributed by atoms with E-state index in [1.54, 1.807) is 0 Å². The highest BCUT2D eigenvalue weighted by molar-refractivity contribution is 6.76. The average Bonchev–Trinajstić information content (AvgIpc) is 3.67. The van der Waals surface area contributed by atoms with Gasteiger partial charge in [-0.25, -0.2) is 4.68 Å². The van der Waals surface area contributed by atoms with Crippen LogP contribution in [0.2, 0.25) is 25.7 Å². The fraction of sp³-hybridized carbons (Fsp3) is 0.538.